The Balaban J connectivity index is 1.65. The topological polar surface area (TPSA) is 42.4 Å². The zero-order chi connectivity index (χ0) is 13.9. The summed E-state index contributed by atoms with van der Waals surface area (Å²) in [6.07, 6.45) is 2.55. The quantitative estimate of drug-likeness (QED) is 0.858. The molecule has 0 saturated heterocycles. The Bertz CT molecular complexity index is 623. The monoisotopic (exact) mass is 268 g/mol. The Morgan fingerprint density at radius 2 is 2.15 bits per heavy atom. The highest BCUT2D eigenvalue weighted by molar-refractivity contribution is 5.96. The van der Waals surface area contributed by atoms with Crippen LogP contribution in [-0.4, -0.2) is 24.0 Å². The Kier molecular flexibility index (Phi) is 3.37. The number of pyridine rings is 1. The van der Waals surface area contributed by atoms with Crippen molar-refractivity contribution in [2.45, 2.75) is 13.3 Å². The van der Waals surface area contributed by atoms with E-state index < -0.39 is 0 Å². The third-order valence-electron chi connectivity index (χ3n) is 3.43. The number of carbonyl (C=O) groups is 1. The van der Waals surface area contributed by atoms with E-state index in [1.807, 2.05) is 37.3 Å². The molecule has 3 rings (SSSR count). The maximum atomic E-state index is 12.2. The SMILES string of the molecule is Cc1ccc(OCC(=O)N2CCc3ccccc32)cn1. The predicted octanol–water partition coefficient (Wildman–Crippen LogP) is 2.36. The number of ether oxygens (including phenoxy) is 1. The van der Waals surface area contributed by atoms with Crippen molar-refractivity contribution < 1.29 is 9.53 Å². The number of para-hydroxylation sites is 1. The number of fused-ring (bicyclic) bond motifs is 1. The number of carbonyl (C=O) groups excluding carboxylic acids is 1. The lowest BCUT2D eigenvalue weighted by molar-refractivity contribution is -0.120. The van der Waals surface area contributed by atoms with Crippen LogP contribution in [0.5, 0.6) is 5.75 Å². The summed E-state index contributed by atoms with van der Waals surface area (Å²) < 4.78 is 5.50. The van der Waals surface area contributed by atoms with E-state index in [9.17, 15) is 4.79 Å². The zero-order valence-corrected chi connectivity index (χ0v) is 11.4. The molecule has 1 aromatic carbocycles. The average molecular weight is 268 g/mol. The minimum Gasteiger partial charge on any atom is -0.482 e. The fourth-order valence-corrected chi connectivity index (χ4v) is 2.36. The first-order valence-electron chi connectivity index (χ1n) is 6.68. The van der Waals surface area contributed by atoms with Crippen molar-refractivity contribution in [3.8, 4) is 5.75 Å². The summed E-state index contributed by atoms with van der Waals surface area (Å²) in [6.45, 7) is 2.68. The van der Waals surface area contributed by atoms with Crippen molar-refractivity contribution in [1.82, 2.24) is 4.98 Å². The van der Waals surface area contributed by atoms with E-state index in [4.69, 9.17) is 4.74 Å². The molecule has 0 radical (unpaired) electrons. The Hall–Kier alpha value is -2.36. The normalized spacial score (nSPS) is 13.2. The van der Waals surface area contributed by atoms with E-state index >= 15 is 0 Å². The number of hydrogen-bond acceptors (Lipinski definition) is 3. The molecule has 1 aliphatic rings. The second-order valence-electron chi connectivity index (χ2n) is 4.85. The van der Waals surface area contributed by atoms with E-state index in [2.05, 4.69) is 11.1 Å². The number of hydrogen-bond donors (Lipinski definition) is 0. The molecule has 1 aromatic heterocycles. The minimum atomic E-state index is -0.0180. The summed E-state index contributed by atoms with van der Waals surface area (Å²) in [5.74, 6) is 0.604. The molecule has 102 valence electrons. The van der Waals surface area contributed by atoms with Gasteiger partial charge in [0.1, 0.15) is 5.75 Å². The van der Waals surface area contributed by atoms with Crippen LogP contribution in [0.4, 0.5) is 5.69 Å². The maximum absolute atomic E-state index is 12.2. The summed E-state index contributed by atoms with van der Waals surface area (Å²) in [5.41, 5.74) is 3.15. The van der Waals surface area contributed by atoms with Crippen molar-refractivity contribution >= 4 is 11.6 Å². The van der Waals surface area contributed by atoms with Gasteiger partial charge in [-0.3, -0.25) is 9.78 Å². The molecular weight excluding hydrogens is 252 g/mol. The second-order valence-corrected chi connectivity index (χ2v) is 4.85. The van der Waals surface area contributed by atoms with Crippen LogP contribution in [0.25, 0.3) is 0 Å². The van der Waals surface area contributed by atoms with Crippen molar-refractivity contribution in [3.63, 3.8) is 0 Å². The first-order valence-corrected chi connectivity index (χ1v) is 6.68. The lowest BCUT2D eigenvalue weighted by Gasteiger charge is -2.17. The van der Waals surface area contributed by atoms with Crippen molar-refractivity contribution in [2.24, 2.45) is 0 Å². The molecule has 0 saturated carbocycles. The molecule has 2 heterocycles. The van der Waals surface area contributed by atoms with E-state index in [0.29, 0.717) is 5.75 Å². The second kappa shape index (κ2) is 5.33. The van der Waals surface area contributed by atoms with Gasteiger partial charge in [-0.25, -0.2) is 0 Å². The Morgan fingerprint density at radius 1 is 1.30 bits per heavy atom. The third kappa shape index (κ3) is 2.50. The highest BCUT2D eigenvalue weighted by atomic mass is 16.5. The van der Waals surface area contributed by atoms with E-state index in [0.717, 1.165) is 24.3 Å². The first-order chi connectivity index (χ1) is 9.74. The number of benzene rings is 1. The highest BCUT2D eigenvalue weighted by Crippen LogP contribution is 2.27. The standard InChI is InChI=1S/C16H16N2O2/c1-12-6-7-14(10-17-12)20-11-16(19)18-9-8-13-4-2-3-5-15(13)18/h2-7,10H,8-9,11H2,1H3. The zero-order valence-electron chi connectivity index (χ0n) is 11.4. The summed E-state index contributed by atoms with van der Waals surface area (Å²) >= 11 is 0. The largest absolute Gasteiger partial charge is 0.482 e. The molecule has 0 fully saturated rings. The molecule has 0 spiro atoms. The number of nitrogens with zero attached hydrogens (tertiary/aromatic N) is 2. The van der Waals surface area contributed by atoms with Crippen LogP contribution in [0.15, 0.2) is 42.6 Å². The third-order valence-corrected chi connectivity index (χ3v) is 3.43. The van der Waals surface area contributed by atoms with Gasteiger partial charge >= 0.3 is 0 Å². The molecule has 4 heteroatoms. The smallest absolute Gasteiger partial charge is 0.264 e. The highest BCUT2D eigenvalue weighted by Gasteiger charge is 2.24. The van der Waals surface area contributed by atoms with Crippen molar-refractivity contribution in [2.75, 3.05) is 18.1 Å². The molecule has 0 N–H and O–H groups in total. The molecule has 1 amide bonds. The number of aryl methyl sites for hydroxylation is 1. The average Bonchev–Trinajstić information content (AvgIpc) is 2.90. The summed E-state index contributed by atoms with van der Waals surface area (Å²) in [6, 6.07) is 11.7. The number of rotatable bonds is 3. The van der Waals surface area contributed by atoms with Gasteiger partial charge in [-0.2, -0.15) is 0 Å². The van der Waals surface area contributed by atoms with E-state index in [1.54, 1.807) is 11.1 Å². The van der Waals surface area contributed by atoms with Gasteiger partial charge in [0.25, 0.3) is 5.91 Å². The first kappa shape index (κ1) is 12.7. The van der Waals surface area contributed by atoms with E-state index in [1.165, 1.54) is 5.56 Å². The maximum Gasteiger partial charge on any atom is 0.264 e. The van der Waals surface area contributed by atoms with Crippen molar-refractivity contribution in [3.05, 3.63) is 53.9 Å². The van der Waals surface area contributed by atoms with Gasteiger partial charge in [0.15, 0.2) is 6.61 Å². The summed E-state index contributed by atoms with van der Waals surface area (Å²) in [5, 5.41) is 0. The lowest BCUT2D eigenvalue weighted by atomic mass is 10.2. The molecule has 0 atom stereocenters. The van der Waals surface area contributed by atoms with Gasteiger partial charge < -0.3 is 9.64 Å². The van der Waals surface area contributed by atoms with Gasteiger partial charge in [-0.15, -0.1) is 0 Å². The molecule has 0 aliphatic carbocycles. The molecule has 4 nitrogen and oxygen atoms in total. The van der Waals surface area contributed by atoms with Gasteiger partial charge in [0.2, 0.25) is 0 Å². The number of anilines is 1. The van der Waals surface area contributed by atoms with Gasteiger partial charge in [0, 0.05) is 17.9 Å². The van der Waals surface area contributed by atoms with Crippen molar-refractivity contribution in [1.29, 1.82) is 0 Å². The van der Waals surface area contributed by atoms with E-state index in [-0.39, 0.29) is 12.5 Å². The van der Waals surface area contributed by atoms with Crippen LogP contribution in [0.1, 0.15) is 11.3 Å². The van der Waals surface area contributed by atoms with Crippen LogP contribution in [-0.2, 0) is 11.2 Å². The number of amides is 1. The predicted molar refractivity (Wildman–Crippen MR) is 77.0 cm³/mol. The molecule has 0 bridgehead atoms. The van der Waals surface area contributed by atoms with Crippen LogP contribution in [0, 0.1) is 6.92 Å². The Labute approximate surface area is 118 Å². The lowest BCUT2D eigenvalue weighted by Crippen LogP contribution is -2.33. The van der Waals surface area contributed by atoms with Gasteiger partial charge in [-0.1, -0.05) is 18.2 Å². The fourth-order valence-electron chi connectivity index (χ4n) is 2.36. The number of aromatic nitrogens is 1. The van der Waals surface area contributed by atoms with Crippen LogP contribution < -0.4 is 9.64 Å². The van der Waals surface area contributed by atoms with Crippen LogP contribution >= 0.6 is 0 Å². The van der Waals surface area contributed by atoms with Crippen LogP contribution in [0.3, 0.4) is 0 Å². The van der Waals surface area contributed by atoms with Gasteiger partial charge in [-0.05, 0) is 37.1 Å². The molecule has 1 aliphatic heterocycles. The molecule has 0 unspecified atom stereocenters. The molecule has 2 aromatic rings. The van der Waals surface area contributed by atoms with Gasteiger partial charge in [0.05, 0.1) is 6.20 Å². The Morgan fingerprint density at radius 3 is 2.95 bits per heavy atom. The van der Waals surface area contributed by atoms with Crippen LogP contribution in [0.2, 0.25) is 0 Å². The fraction of sp³-hybridized carbons (Fsp3) is 0.250. The molecular formula is C16H16N2O2. The summed E-state index contributed by atoms with van der Waals surface area (Å²) in [4.78, 5) is 18.2. The summed E-state index contributed by atoms with van der Waals surface area (Å²) in [7, 11) is 0. The minimum absolute atomic E-state index is 0.0180. The molecule has 20 heavy (non-hydrogen) atoms.